The number of benzene rings is 1. The first-order valence-corrected chi connectivity index (χ1v) is 14.8. The minimum absolute atomic E-state index is 0.00831. The van der Waals surface area contributed by atoms with Crippen molar-refractivity contribution in [2.45, 2.75) is 109 Å². The number of hydrogen-bond acceptors (Lipinski definition) is 6. The van der Waals surface area contributed by atoms with Crippen molar-refractivity contribution in [3.05, 3.63) is 34.6 Å². The van der Waals surface area contributed by atoms with E-state index in [1.807, 2.05) is 54.5 Å². The van der Waals surface area contributed by atoms with Crippen LogP contribution >= 0.6 is 0 Å². The van der Waals surface area contributed by atoms with Gasteiger partial charge >= 0.3 is 6.09 Å². The third kappa shape index (κ3) is 6.33. The molecule has 3 heterocycles. The van der Waals surface area contributed by atoms with E-state index in [1.54, 1.807) is 0 Å². The van der Waals surface area contributed by atoms with E-state index in [0.29, 0.717) is 24.9 Å². The van der Waals surface area contributed by atoms with Crippen molar-refractivity contribution < 1.29 is 9.53 Å². The van der Waals surface area contributed by atoms with E-state index in [4.69, 9.17) is 9.72 Å². The lowest BCUT2D eigenvalue weighted by Gasteiger charge is -2.39. The Bertz CT molecular complexity index is 1160. The van der Waals surface area contributed by atoms with Crippen LogP contribution in [-0.2, 0) is 4.74 Å². The van der Waals surface area contributed by atoms with Gasteiger partial charge in [-0.05, 0) is 65.0 Å². The van der Waals surface area contributed by atoms with Crippen LogP contribution in [0.1, 0.15) is 91.0 Å². The van der Waals surface area contributed by atoms with Gasteiger partial charge in [-0.25, -0.2) is 9.78 Å². The molecule has 2 aliphatic heterocycles. The van der Waals surface area contributed by atoms with E-state index in [9.17, 15) is 9.59 Å². The zero-order valence-corrected chi connectivity index (χ0v) is 23.5. The number of aromatic nitrogens is 2. The largest absolute Gasteiger partial charge is 0.444 e. The number of rotatable bonds is 4. The summed E-state index contributed by atoms with van der Waals surface area (Å²) in [4.78, 5) is 35.9. The Labute approximate surface area is 226 Å². The molecule has 5 rings (SSSR count). The maximum atomic E-state index is 14.0. The van der Waals surface area contributed by atoms with Gasteiger partial charge in [0.25, 0.3) is 5.56 Å². The molecular formula is C30H45N5O3. The highest BCUT2D eigenvalue weighted by molar-refractivity contribution is 5.76. The summed E-state index contributed by atoms with van der Waals surface area (Å²) in [6, 6.07) is 8.84. The van der Waals surface area contributed by atoms with Gasteiger partial charge in [0.15, 0.2) is 5.82 Å². The first kappa shape index (κ1) is 27.0. The number of ether oxygens (including phenoxy) is 1. The van der Waals surface area contributed by atoms with E-state index in [0.717, 1.165) is 43.4 Å². The summed E-state index contributed by atoms with van der Waals surface area (Å²) in [5.41, 5.74) is 1.23. The number of fused-ring (bicyclic) bond motifs is 1. The predicted octanol–water partition coefficient (Wildman–Crippen LogP) is 5.25. The molecule has 2 aromatic rings. The van der Waals surface area contributed by atoms with E-state index in [2.05, 4.69) is 10.2 Å². The summed E-state index contributed by atoms with van der Waals surface area (Å²) >= 11 is 0. The highest BCUT2D eigenvalue weighted by Crippen LogP contribution is 2.30. The minimum atomic E-state index is -0.541. The molecule has 208 valence electrons. The Kier molecular flexibility index (Phi) is 8.26. The van der Waals surface area contributed by atoms with Gasteiger partial charge in [-0.3, -0.25) is 4.79 Å². The van der Waals surface area contributed by atoms with Crippen LogP contribution in [0.5, 0.6) is 0 Å². The number of anilines is 1. The smallest absolute Gasteiger partial charge is 0.407 e. The zero-order valence-electron chi connectivity index (χ0n) is 23.5. The molecule has 2 saturated heterocycles. The fourth-order valence-electron chi connectivity index (χ4n) is 6.56. The highest BCUT2D eigenvalue weighted by Gasteiger charge is 2.32. The van der Waals surface area contributed by atoms with Crippen molar-refractivity contribution in [2.75, 3.05) is 31.1 Å². The lowest BCUT2D eigenvalue weighted by atomic mass is 9.93. The van der Waals surface area contributed by atoms with Gasteiger partial charge < -0.3 is 24.4 Å². The summed E-state index contributed by atoms with van der Waals surface area (Å²) in [6.45, 7) is 8.92. The number of nitrogens with one attached hydrogen (secondary N) is 1. The molecule has 8 nitrogen and oxygen atoms in total. The first-order chi connectivity index (χ1) is 18.3. The van der Waals surface area contributed by atoms with Crippen LogP contribution in [0.3, 0.4) is 0 Å². The fourth-order valence-corrected chi connectivity index (χ4v) is 6.56. The number of amides is 1. The topological polar surface area (TPSA) is 79.7 Å². The number of carbonyl (C=O) groups excluding carboxylic acids is 1. The summed E-state index contributed by atoms with van der Waals surface area (Å²) < 4.78 is 7.46. The van der Waals surface area contributed by atoms with Crippen LogP contribution in [-0.4, -0.2) is 64.4 Å². The number of nitrogens with zero attached hydrogens (tertiary/aromatic N) is 4. The van der Waals surface area contributed by atoms with Crippen molar-refractivity contribution in [3.8, 4) is 0 Å². The van der Waals surface area contributed by atoms with Crippen LogP contribution < -0.4 is 15.8 Å². The third-order valence-corrected chi connectivity index (χ3v) is 8.44. The van der Waals surface area contributed by atoms with Gasteiger partial charge in [-0.15, -0.1) is 0 Å². The SMILES string of the molecule is CC(C)(C)OC(=O)N[C@H]1CCN(c2nc3ccccc3n(C3CCN(C4CCCCCCC4)CC3)c2=O)C1. The molecule has 8 heteroatoms. The van der Waals surface area contributed by atoms with E-state index < -0.39 is 11.7 Å². The van der Waals surface area contributed by atoms with Crippen molar-refractivity contribution in [3.63, 3.8) is 0 Å². The van der Waals surface area contributed by atoms with Crippen LogP contribution in [0.2, 0.25) is 0 Å². The van der Waals surface area contributed by atoms with Crippen LogP contribution in [0.4, 0.5) is 10.6 Å². The Morgan fingerprint density at radius 1 is 0.921 bits per heavy atom. The van der Waals surface area contributed by atoms with E-state index in [-0.39, 0.29) is 17.6 Å². The molecule has 3 aliphatic rings. The lowest BCUT2D eigenvalue weighted by Crippen LogP contribution is -2.44. The lowest BCUT2D eigenvalue weighted by molar-refractivity contribution is 0.0509. The van der Waals surface area contributed by atoms with Gasteiger partial charge in [-0.2, -0.15) is 0 Å². The standard InChI is InChI=1S/C30H45N5O3/c1-30(2,3)38-29(37)31-22-15-18-34(21-22)27-28(36)35(26-14-10-9-13-25(26)32-27)24-16-19-33(20-17-24)23-11-7-5-4-6-8-12-23/h9-10,13-14,22-24H,4-8,11-12,15-21H2,1-3H3,(H,31,37)/t22-/m0/s1. The fraction of sp³-hybridized carbons (Fsp3) is 0.700. The Hall–Kier alpha value is -2.61. The molecule has 1 atom stereocenters. The molecular weight excluding hydrogens is 478 g/mol. The average Bonchev–Trinajstić information content (AvgIpc) is 3.30. The van der Waals surface area contributed by atoms with Crippen molar-refractivity contribution >= 4 is 22.9 Å². The number of alkyl carbamates (subject to hydrolysis) is 1. The van der Waals surface area contributed by atoms with Crippen molar-refractivity contribution in [1.82, 2.24) is 19.8 Å². The molecule has 1 aromatic heterocycles. The van der Waals surface area contributed by atoms with Crippen LogP contribution in [0.25, 0.3) is 11.0 Å². The number of para-hydroxylation sites is 2. The van der Waals surface area contributed by atoms with E-state index in [1.165, 1.54) is 44.9 Å². The Morgan fingerprint density at radius 2 is 1.61 bits per heavy atom. The Morgan fingerprint density at radius 3 is 2.32 bits per heavy atom. The molecule has 1 saturated carbocycles. The number of likely N-dealkylation sites (tertiary alicyclic amines) is 1. The van der Waals surface area contributed by atoms with E-state index >= 15 is 0 Å². The molecule has 0 unspecified atom stereocenters. The van der Waals surface area contributed by atoms with Crippen molar-refractivity contribution in [2.24, 2.45) is 0 Å². The molecule has 1 amide bonds. The van der Waals surface area contributed by atoms with Gasteiger partial charge in [0, 0.05) is 38.3 Å². The van der Waals surface area contributed by atoms with Gasteiger partial charge in [-0.1, -0.05) is 44.2 Å². The normalized spacial score (nSPS) is 22.8. The second kappa shape index (κ2) is 11.6. The molecule has 1 aromatic carbocycles. The molecule has 3 fully saturated rings. The third-order valence-electron chi connectivity index (χ3n) is 8.44. The maximum absolute atomic E-state index is 14.0. The molecule has 1 N–H and O–H groups in total. The van der Waals surface area contributed by atoms with Gasteiger partial charge in [0.2, 0.25) is 0 Å². The molecule has 0 bridgehead atoms. The second-order valence-electron chi connectivity index (χ2n) is 12.4. The Balaban J connectivity index is 1.32. The molecule has 0 radical (unpaired) electrons. The zero-order chi connectivity index (χ0) is 26.7. The van der Waals surface area contributed by atoms with Crippen molar-refractivity contribution in [1.29, 1.82) is 0 Å². The molecule has 1 aliphatic carbocycles. The number of hydrogen-bond donors (Lipinski definition) is 1. The van der Waals surface area contributed by atoms with Gasteiger partial charge in [0.1, 0.15) is 5.60 Å². The monoisotopic (exact) mass is 523 g/mol. The number of carbonyl (C=O) groups is 1. The van der Waals surface area contributed by atoms with Crippen LogP contribution in [0.15, 0.2) is 29.1 Å². The summed E-state index contributed by atoms with van der Waals surface area (Å²) in [6.07, 6.45) is 11.8. The molecule has 0 spiro atoms. The highest BCUT2D eigenvalue weighted by atomic mass is 16.6. The molecule has 38 heavy (non-hydrogen) atoms. The average molecular weight is 524 g/mol. The second-order valence-corrected chi connectivity index (χ2v) is 12.4. The quantitative estimate of drug-likeness (QED) is 0.590. The summed E-state index contributed by atoms with van der Waals surface area (Å²) in [7, 11) is 0. The number of piperidine rings is 1. The summed E-state index contributed by atoms with van der Waals surface area (Å²) in [5, 5.41) is 2.97. The van der Waals surface area contributed by atoms with Crippen LogP contribution in [0, 0.1) is 0 Å². The first-order valence-electron chi connectivity index (χ1n) is 14.8. The minimum Gasteiger partial charge on any atom is -0.444 e. The maximum Gasteiger partial charge on any atom is 0.407 e. The summed E-state index contributed by atoms with van der Waals surface area (Å²) in [5.74, 6) is 0.500. The predicted molar refractivity (Wildman–Crippen MR) is 152 cm³/mol. The van der Waals surface area contributed by atoms with Gasteiger partial charge in [0.05, 0.1) is 17.1 Å².